The van der Waals surface area contributed by atoms with Crippen molar-refractivity contribution >= 4 is 0 Å². The molecule has 0 aliphatic rings. The highest BCUT2D eigenvalue weighted by Crippen LogP contribution is 2.17. The molecule has 0 bridgehead atoms. The molecule has 1 unspecified atom stereocenters. The third-order valence-electron chi connectivity index (χ3n) is 2.72. The molecule has 0 saturated heterocycles. The van der Waals surface area contributed by atoms with Gasteiger partial charge in [-0.1, -0.05) is 19.9 Å². The third-order valence-corrected chi connectivity index (χ3v) is 2.72. The molecule has 0 radical (unpaired) electrons. The SMILES string of the molecule is CCCOCC(NCC)c1ccc(C)nc1C. The van der Waals surface area contributed by atoms with Gasteiger partial charge in [-0.15, -0.1) is 0 Å². The number of hydrogen-bond donors (Lipinski definition) is 1. The van der Waals surface area contributed by atoms with E-state index >= 15 is 0 Å². The summed E-state index contributed by atoms with van der Waals surface area (Å²) >= 11 is 0. The van der Waals surface area contributed by atoms with E-state index in [1.807, 2.05) is 6.92 Å². The van der Waals surface area contributed by atoms with E-state index in [1.54, 1.807) is 0 Å². The van der Waals surface area contributed by atoms with E-state index in [0.717, 1.165) is 31.0 Å². The van der Waals surface area contributed by atoms with Crippen LogP contribution in [0.3, 0.4) is 0 Å². The number of pyridine rings is 1. The molecule has 1 atom stereocenters. The van der Waals surface area contributed by atoms with Gasteiger partial charge < -0.3 is 10.1 Å². The van der Waals surface area contributed by atoms with Crippen LogP contribution in [0, 0.1) is 13.8 Å². The molecule has 0 aromatic carbocycles. The van der Waals surface area contributed by atoms with Crippen molar-refractivity contribution < 1.29 is 4.74 Å². The fourth-order valence-electron chi connectivity index (χ4n) is 1.92. The van der Waals surface area contributed by atoms with Gasteiger partial charge in [-0.2, -0.15) is 0 Å². The Labute approximate surface area is 105 Å². The first-order valence-electron chi connectivity index (χ1n) is 6.44. The van der Waals surface area contributed by atoms with Crippen molar-refractivity contribution in [2.24, 2.45) is 0 Å². The number of rotatable bonds is 7. The van der Waals surface area contributed by atoms with Gasteiger partial charge in [0, 0.05) is 18.0 Å². The molecule has 96 valence electrons. The number of nitrogens with one attached hydrogen (secondary N) is 1. The van der Waals surface area contributed by atoms with Crippen LogP contribution in [-0.4, -0.2) is 24.7 Å². The number of ether oxygens (including phenoxy) is 1. The Kier molecular flexibility index (Phi) is 6.16. The molecule has 0 aliphatic carbocycles. The van der Waals surface area contributed by atoms with Gasteiger partial charge in [-0.25, -0.2) is 0 Å². The number of nitrogens with zero attached hydrogens (tertiary/aromatic N) is 1. The van der Waals surface area contributed by atoms with Crippen molar-refractivity contribution in [3.05, 3.63) is 29.1 Å². The third kappa shape index (κ3) is 4.44. The van der Waals surface area contributed by atoms with Gasteiger partial charge in [0.15, 0.2) is 0 Å². The van der Waals surface area contributed by atoms with Gasteiger partial charge in [0.2, 0.25) is 0 Å². The summed E-state index contributed by atoms with van der Waals surface area (Å²) in [5.74, 6) is 0. The Morgan fingerprint density at radius 1 is 1.29 bits per heavy atom. The lowest BCUT2D eigenvalue weighted by Gasteiger charge is -2.20. The standard InChI is InChI=1S/C14H24N2O/c1-5-9-17-10-14(15-6-2)13-8-7-11(3)16-12(13)4/h7-8,14-15H,5-6,9-10H2,1-4H3. The summed E-state index contributed by atoms with van der Waals surface area (Å²) in [6, 6.07) is 4.46. The molecule has 1 N–H and O–H groups in total. The first-order chi connectivity index (χ1) is 8.19. The maximum Gasteiger partial charge on any atom is 0.0662 e. The molecule has 1 rings (SSSR count). The summed E-state index contributed by atoms with van der Waals surface area (Å²) in [6.45, 7) is 10.8. The van der Waals surface area contributed by atoms with E-state index in [1.165, 1.54) is 5.56 Å². The molecule has 1 aromatic rings. The number of aromatic nitrogens is 1. The highest BCUT2D eigenvalue weighted by atomic mass is 16.5. The van der Waals surface area contributed by atoms with Crippen molar-refractivity contribution in [3.8, 4) is 0 Å². The molecule has 0 fully saturated rings. The molecule has 1 aromatic heterocycles. The molecule has 0 saturated carbocycles. The van der Waals surface area contributed by atoms with Gasteiger partial charge in [0.25, 0.3) is 0 Å². The normalized spacial score (nSPS) is 12.7. The number of likely N-dealkylation sites (N-methyl/N-ethyl adjacent to an activating group) is 1. The lowest BCUT2D eigenvalue weighted by molar-refractivity contribution is 0.112. The van der Waals surface area contributed by atoms with Gasteiger partial charge in [0.1, 0.15) is 0 Å². The fourth-order valence-corrected chi connectivity index (χ4v) is 1.92. The summed E-state index contributed by atoms with van der Waals surface area (Å²) < 4.78 is 5.65. The lowest BCUT2D eigenvalue weighted by atomic mass is 10.1. The summed E-state index contributed by atoms with van der Waals surface area (Å²) in [6.07, 6.45) is 1.06. The topological polar surface area (TPSA) is 34.1 Å². The smallest absolute Gasteiger partial charge is 0.0662 e. The fraction of sp³-hybridized carbons (Fsp3) is 0.643. The Morgan fingerprint density at radius 3 is 2.65 bits per heavy atom. The summed E-state index contributed by atoms with van der Waals surface area (Å²) in [7, 11) is 0. The van der Waals surface area contributed by atoms with Crippen LogP contribution >= 0.6 is 0 Å². The lowest BCUT2D eigenvalue weighted by Crippen LogP contribution is -2.26. The van der Waals surface area contributed by atoms with Crippen molar-refractivity contribution in [2.45, 2.75) is 40.2 Å². The minimum Gasteiger partial charge on any atom is -0.379 e. The maximum atomic E-state index is 5.65. The minimum atomic E-state index is 0.250. The molecule has 3 nitrogen and oxygen atoms in total. The number of aryl methyl sites for hydroxylation is 2. The first-order valence-corrected chi connectivity index (χ1v) is 6.44. The summed E-state index contributed by atoms with van der Waals surface area (Å²) in [5, 5.41) is 3.45. The minimum absolute atomic E-state index is 0.250. The largest absolute Gasteiger partial charge is 0.379 e. The van der Waals surface area contributed by atoms with Gasteiger partial charge in [-0.05, 0) is 38.4 Å². The quantitative estimate of drug-likeness (QED) is 0.739. The van der Waals surface area contributed by atoms with E-state index in [-0.39, 0.29) is 6.04 Å². The Hall–Kier alpha value is -0.930. The Balaban J connectivity index is 2.74. The van der Waals surface area contributed by atoms with Crippen LogP contribution in [0.4, 0.5) is 0 Å². The predicted molar refractivity (Wildman–Crippen MR) is 71.2 cm³/mol. The van der Waals surface area contributed by atoms with Crippen LogP contribution in [0.5, 0.6) is 0 Å². The second kappa shape index (κ2) is 7.41. The van der Waals surface area contributed by atoms with Crippen LogP contribution in [-0.2, 0) is 4.74 Å². The van der Waals surface area contributed by atoms with Crippen molar-refractivity contribution in [2.75, 3.05) is 19.8 Å². The van der Waals surface area contributed by atoms with E-state index in [0.29, 0.717) is 6.61 Å². The van der Waals surface area contributed by atoms with Crippen molar-refractivity contribution in [1.82, 2.24) is 10.3 Å². The monoisotopic (exact) mass is 236 g/mol. The molecule has 0 spiro atoms. The zero-order chi connectivity index (χ0) is 12.7. The van der Waals surface area contributed by atoms with Crippen LogP contribution in [0.15, 0.2) is 12.1 Å². The van der Waals surface area contributed by atoms with Crippen LogP contribution in [0.2, 0.25) is 0 Å². The number of hydrogen-bond acceptors (Lipinski definition) is 3. The molecule has 0 aliphatic heterocycles. The average Bonchev–Trinajstić information content (AvgIpc) is 2.28. The van der Waals surface area contributed by atoms with Gasteiger partial charge in [-0.3, -0.25) is 4.98 Å². The second-order valence-corrected chi connectivity index (χ2v) is 4.31. The van der Waals surface area contributed by atoms with E-state index in [4.69, 9.17) is 4.74 Å². The Morgan fingerprint density at radius 2 is 2.06 bits per heavy atom. The van der Waals surface area contributed by atoms with Crippen molar-refractivity contribution in [1.29, 1.82) is 0 Å². The van der Waals surface area contributed by atoms with E-state index < -0.39 is 0 Å². The van der Waals surface area contributed by atoms with Crippen LogP contribution < -0.4 is 5.32 Å². The van der Waals surface area contributed by atoms with Crippen LogP contribution in [0.25, 0.3) is 0 Å². The highest BCUT2D eigenvalue weighted by molar-refractivity contribution is 5.25. The van der Waals surface area contributed by atoms with Crippen LogP contribution in [0.1, 0.15) is 43.3 Å². The molecular formula is C14H24N2O. The molecule has 3 heteroatoms. The Bertz CT molecular complexity index is 339. The molecule has 17 heavy (non-hydrogen) atoms. The molecular weight excluding hydrogens is 212 g/mol. The maximum absolute atomic E-state index is 5.65. The van der Waals surface area contributed by atoms with Crippen molar-refractivity contribution in [3.63, 3.8) is 0 Å². The highest BCUT2D eigenvalue weighted by Gasteiger charge is 2.13. The zero-order valence-corrected chi connectivity index (χ0v) is 11.4. The van der Waals surface area contributed by atoms with Gasteiger partial charge in [0.05, 0.1) is 12.6 Å². The predicted octanol–water partition coefficient (Wildman–Crippen LogP) is 2.78. The van der Waals surface area contributed by atoms with Gasteiger partial charge >= 0.3 is 0 Å². The summed E-state index contributed by atoms with van der Waals surface area (Å²) in [5.41, 5.74) is 3.40. The summed E-state index contributed by atoms with van der Waals surface area (Å²) in [4.78, 5) is 4.51. The zero-order valence-electron chi connectivity index (χ0n) is 11.4. The molecule has 0 amide bonds. The first kappa shape index (κ1) is 14.1. The average molecular weight is 236 g/mol. The van der Waals surface area contributed by atoms with E-state index in [9.17, 15) is 0 Å². The van der Waals surface area contributed by atoms with E-state index in [2.05, 4.69) is 43.2 Å². The second-order valence-electron chi connectivity index (χ2n) is 4.31. The molecule has 1 heterocycles.